The summed E-state index contributed by atoms with van der Waals surface area (Å²) in [6, 6.07) is 15.8. The Bertz CT molecular complexity index is 1290. The molecule has 0 bridgehead atoms. The lowest BCUT2D eigenvalue weighted by molar-refractivity contribution is 0.0922. The van der Waals surface area contributed by atoms with Crippen molar-refractivity contribution in [1.82, 2.24) is 5.32 Å². The van der Waals surface area contributed by atoms with E-state index in [9.17, 15) is 14.4 Å². The van der Waals surface area contributed by atoms with Crippen molar-refractivity contribution in [2.24, 2.45) is 0 Å². The van der Waals surface area contributed by atoms with Crippen molar-refractivity contribution in [3.05, 3.63) is 87.4 Å². The number of anilines is 2. The molecule has 0 saturated heterocycles. The van der Waals surface area contributed by atoms with Gasteiger partial charge in [0, 0.05) is 16.8 Å². The van der Waals surface area contributed by atoms with Crippen LogP contribution in [-0.2, 0) is 0 Å². The first-order valence-electron chi connectivity index (χ1n) is 9.53. The fraction of sp³-hybridized carbons (Fsp3) is 0.0435. The lowest BCUT2D eigenvalue weighted by Gasteiger charge is -2.19. The minimum Gasteiger partial charge on any atom is -0.494 e. The molecule has 33 heavy (non-hydrogen) atoms. The number of methoxy groups -OCH3 is 1. The molecular formula is C23H15Cl2N3O4S. The van der Waals surface area contributed by atoms with Crippen LogP contribution in [-0.4, -0.2) is 29.9 Å². The molecule has 3 aromatic rings. The van der Waals surface area contributed by atoms with Gasteiger partial charge in [0.2, 0.25) is 0 Å². The molecule has 7 nitrogen and oxygen atoms in total. The average molecular weight is 500 g/mol. The summed E-state index contributed by atoms with van der Waals surface area (Å²) in [5.74, 6) is -1.14. The second-order valence-corrected chi connectivity index (χ2v) is 8.16. The lowest BCUT2D eigenvalue weighted by Crippen LogP contribution is -2.34. The number of rotatable bonds is 4. The SMILES string of the molecule is COc1cc(NC(=S)NC(=O)c2cc(Cl)ccc2Cl)ccc1N1C(=O)c2ccccc2C1=O. The van der Waals surface area contributed by atoms with E-state index in [1.807, 2.05) is 0 Å². The first-order chi connectivity index (χ1) is 15.8. The Morgan fingerprint density at radius 3 is 2.27 bits per heavy atom. The van der Waals surface area contributed by atoms with Gasteiger partial charge in [0.15, 0.2) is 5.11 Å². The molecule has 10 heteroatoms. The van der Waals surface area contributed by atoms with Gasteiger partial charge in [0.1, 0.15) is 5.75 Å². The molecule has 0 fully saturated rings. The standard InChI is InChI=1S/C23H15Cl2N3O4S/c1-32-19-11-13(26-23(33)27-20(29)16-10-12(24)6-8-17(16)25)7-9-18(19)28-21(30)14-4-2-3-5-15(14)22(28)31/h2-11H,1H3,(H2,26,27,29,33). The molecule has 166 valence electrons. The van der Waals surface area contributed by atoms with Crippen molar-refractivity contribution in [2.45, 2.75) is 0 Å². The number of hydrogen-bond donors (Lipinski definition) is 2. The highest BCUT2D eigenvalue weighted by Crippen LogP contribution is 2.36. The molecule has 0 aliphatic carbocycles. The summed E-state index contributed by atoms with van der Waals surface area (Å²) >= 11 is 17.2. The zero-order valence-corrected chi connectivity index (χ0v) is 19.3. The number of imide groups is 1. The number of halogens is 2. The van der Waals surface area contributed by atoms with E-state index in [0.717, 1.165) is 4.90 Å². The predicted molar refractivity (Wildman–Crippen MR) is 131 cm³/mol. The third kappa shape index (κ3) is 4.41. The van der Waals surface area contributed by atoms with Crippen molar-refractivity contribution in [3.63, 3.8) is 0 Å². The van der Waals surface area contributed by atoms with Gasteiger partial charge in [-0.25, -0.2) is 4.90 Å². The number of amides is 3. The van der Waals surface area contributed by atoms with Gasteiger partial charge in [-0.15, -0.1) is 0 Å². The maximum Gasteiger partial charge on any atom is 0.266 e. The summed E-state index contributed by atoms with van der Waals surface area (Å²) in [5, 5.41) is 5.98. The summed E-state index contributed by atoms with van der Waals surface area (Å²) < 4.78 is 5.41. The van der Waals surface area contributed by atoms with Crippen LogP contribution in [0.4, 0.5) is 11.4 Å². The highest BCUT2D eigenvalue weighted by Gasteiger charge is 2.37. The Morgan fingerprint density at radius 2 is 1.64 bits per heavy atom. The predicted octanol–water partition coefficient (Wildman–Crippen LogP) is 4.93. The van der Waals surface area contributed by atoms with Gasteiger partial charge < -0.3 is 10.1 Å². The Hall–Kier alpha value is -3.46. The van der Waals surface area contributed by atoms with Crippen LogP contribution in [0.2, 0.25) is 10.0 Å². The van der Waals surface area contributed by atoms with Gasteiger partial charge in [-0.1, -0.05) is 35.3 Å². The Labute approximate surface area is 204 Å². The molecule has 3 aromatic carbocycles. The number of carbonyl (C=O) groups excluding carboxylic acids is 3. The van der Waals surface area contributed by atoms with Gasteiger partial charge in [0.05, 0.1) is 34.5 Å². The van der Waals surface area contributed by atoms with Gasteiger partial charge in [-0.3, -0.25) is 19.7 Å². The van der Waals surface area contributed by atoms with E-state index >= 15 is 0 Å². The van der Waals surface area contributed by atoms with Gasteiger partial charge >= 0.3 is 0 Å². The van der Waals surface area contributed by atoms with Crippen LogP contribution in [0.25, 0.3) is 0 Å². The maximum absolute atomic E-state index is 12.8. The van der Waals surface area contributed by atoms with Gasteiger partial charge in [-0.2, -0.15) is 0 Å². The van der Waals surface area contributed by atoms with Crippen LogP contribution in [0.15, 0.2) is 60.7 Å². The second kappa shape index (κ2) is 9.19. The molecule has 3 amide bonds. The summed E-state index contributed by atoms with van der Waals surface area (Å²) in [4.78, 5) is 39.1. The fourth-order valence-corrected chi connectivity index (χ4v) is 3.94. The monoisotopic (exact) mass is 499 g/mol. The van der Waals surface area contributed by atoms with Crippen molar-refractivity contribution in [3.8, 4) is 5.75 Å². The van der Waals surface area contributed by atoms with Crippen LogP contribution in [0, 0.1) is 0 Å². The van der Waals surface area contributed by atoms with Crippen molar-refractivity contribution in [1.29, 1.82) is 0 Å². The number of ether oxygens (including phenoxy) is 1. The summed E-state index contributed by atoms with van der Waals surface area (Å²) in [6.45, 7) is 0. The van der Waals surface area contributed by atoms with Crippen molar-refractivity contribution in [2.75, 3.05) is 17.3 Å². The normalized spacial score (nSPS) is 12.4. The average Bonchev–Trinajstić information content (AvgIpc) is 3.05. The molecule has 0 unspecified atom stereocenters. The molecule has 0 spiro atoms. The van der Waals surface area contributed by atoms with E-state index in [0.29, 0.717) is 21.8 Å². The first-order valence-corrected chi connectivity index (χ1v) is 10.7. The number of hydrogen-bond acceptors (Lipinski definition) is 5. The molecule has 2 N–H and O–H groups in total. The topological polar surface area (TPSA) is 87.7 Å². The molecule has 0 aromatic heterocycles. The third-order valence-corrected chi connectivity index (χ3v) is 5.64. The van der Waals surface area contributed by atoms with E-state index in [2.05, 4.69) is 10.6 Å². The number of carbonyl (C=O) groups is 3. The second-order valence-electron chi connectivity index (χ2n) is 6.91. The van der Waals surface area contributed by atoms with Crippen LogP contribution in [0.3, 0.4) is 0 Å². The number of fused-ring (bicyclic) bond motifs is 1. The zero-order chi connectivity index (χ0) is 23.7. The maximum atomic E-state index is 12.8. The number of benzene rings is 3. The summed E-state index contributed by atoms with van der Waals surface area (Å²) in [7, 11) is 1.42. The van der Waals surface area contributed by atoms with Crippen LogP contribution in [0.5, 0.6) is 5.75 Å². The van der Waals surface area contributed by atoms with Crippen LogP contribution < -0.4 is 20.3 Å². The van der Waals surface area contributed by atoms with Gasteiger partial charge in [0.25, 0.3) is 17.7 Å². The van der Waals surface area contributed by atoms with E-state index in [1.54, 1.807) is 48.5 Å². The summed E-state index contributed by atoms with van der Waals surface area (Å²) in [5.41, 5.74) is 1.59. The molecule has 1 aliphatic rings. The molecule has 0 saturated carbocycles. The molecular weight excluding hydrogens is 485 g/mol. The largest absolute Gasteiger partial charge is 0.494 e. The zero-order valence-electron chi connectivity index (χ0n) is 17.0. The number of nitrogens with zero attached hydrogens (tertiary/aromatic N) is 1. The highest BCUT2D eigenvalue weighted by atomic mass is 35.5. The Kier molecular flexibility index (Phi) is 6.33. The number of nitrogens with one attached hydrogen (secondary N) is 2. The smallest absolute Gasteiger partial charge is 0.266 e. The molecule has 0 atom stereocenters. The summed E-state index contributed by atoms with van der Waals surface area (Å²) in [6.07, 6.45) is 0. The minimum atomic E-state index is -0.533. The quantitative estimate of drug-likeness (QED) is 0.390. The van der Waals surface area contributed by atoms with Gasteiger partial charge in [-0.05, 0) is 54.7 Å². The Balaban J connectivity index is 1.52. The van der Waals surface area contributed by atoms with E-state index in [-0.39, 0.29) is 27.1 Å². The minimum absolute atomic E-state index is 0.00609. The van der Waals surface area contributed by atoms with E-state index < -0.39 is 17.7 Å². The van der Waals surface area contributed by atoms with Crippen LogP contribution in [0.1, 0.15) is 31.1 Å². The van der Waals surface area contributed by atoms with E-state index in [4.69, 9.17) is 40.2 Å². The van der Waals surface area contributed by atoms with Crippen molar-refractivity contribution >= 4 is 69.6 Å². The molecule has 0 radical (unpaired) electrons. The highest BCUT2D eigenvalue weighted by molar-refractivity contribution is 7.80. The first kappa shape index (κ1) is 22.7. The third-order valence-electron chi connectivity index (χ3n) is 4.87. The molecule has 4 rings (SSSR count). The van der Waals surface area contributed by atoms with Crippen molar-refractivity contribution < 1.29 is 19.1 Å². The number of thiocarbonyl (C=S) groups is 1. The Morgan fingerprint density at radius 1 is 0.970 bits per heavy atom. The lowest BCUT2D eigenvalue weighted by atomic mass is 10.1. The molecule has 1 heterocycles. The van der Waals surface area contributed by atoms with E-state index in [1.165, 1.54) is 19.2 Å². The molecule has 1 aliphatic heterocycles. The van der Waals surface area contributed by atoms with Crippen LogP contribution >= 0.6 is 35.4 Å². The fourth-order valence-electron chi connectivity index (χ4n) is 3.35.